The van der Waals surface area contributed by atoms with Crippen LogP contribution in [0.3, 0.4) is 0 Å². The molecule has 0 aromatic heterocycles. The molecule has 0 aliphatic carbocycles. The smallest absolute Gasteiger partial charge is 0.211 e. The molecule has 0 atom stereocenters. The second kappa shape index (κ2) is 2.21. The maximum Gasteiger partial charge on any atom is 0.233 e. The third-order valence-electron chi connectivity index (χ3n) is 1.96. The lowest BCUT2D eigenvalue weighted by Gasteiger charge is -2.14. The van der Waals surface area contributed by atoms with Crippen LogP contribution in [0.2, 0.25) is 0 Å². The minimum Gasteiger partial charge on any atom is -0.211 e. The Balaban J connectivity index is 3.44. The van der Waals surface area contributed by atoms with Gasteiger partial charge in [-0.1, -0.05) is 3.71 Å². The zero-order valence-electron chi connectivity index (χ0n) is 7.10. The Bertz CT molecular complexity index is 391. The van der Waals surface area contributed by atoms with Crippen LogP contribution in [0.1, 0.15) is 13.8 Å². The molecule has 72 valence electrons. The van der Waals surface area contributed by atoms with Crippen molar-refractivity contribution in [1.29, 1.82) is 0 Å². The summed E-state index contributed by atoms with van der Waals surface area (Å²) in [7, 11) is -6.19. The molecule has 1 fully saturated rings. The molecule has 0 amide bonds. The van der Waals surface area contributed by atoms with E-state index in [1.807, 2.05) is 0 Å². The van der Waals surface area contributed by atoms with Gasteiger partial charge < -0.3 is 0 Å². The van der Waals surface area contributed by atoms with Crippen LogP contribution in [0.15, 0.2) is 0 Å². The van der Waals surface area contributed by atoms with Gasteiger partial charge in [0.25, 0.3) is 0 Å². The van der Waals surface area contributed by atoms with Gasteiger partial charge in [0.05, 0.1) is 10.5 Å². The zero-order valence-corrected chi connectivity index (χ0v) is 8.74. The third-order valence-corrected chi connectivity index (χ3v) is 7.50. The van der Waals surface area contributed by atoms with E-state index >= 15 is 0 Å². The highest BCUT2D eigenvalue weighted by atomic mass is 32.3. The second-order valence-electron chi connectivity index (χ2n) is 3.40. The van der Waals surface area contributed by atoms with Crippen LogP contribution < -0.4 is 0 Å². The molecular weight excluding hydrogens is 202 g/mol. The van der Waals surface area contributed by atoms with Crippen LogP contribution >= 0.6 is 0 Å². The Kier molecular flexibility index (Phi) is 1.83. The first-order chi connectivity index (χ1) is 5.11. The summed E-state index contributed by atoms with van der Waals surface area (Å²) >= 11 is 0. The van der Waals surface area contributed by atoms with Crippen molar-refractivity contribution in [1.82, 2.24) is 3.71 Å². The molecule has 1 heterocycles. The van der Waals surface area contributed by atoms with Gasteiger partial charge in [-0.15, -0.1) is 0 Å². The van der Waals surface area contributed by atoms with Gasteiger partial charge in [0.15, 0.2) is 0 Å². The number of hydrogen-bond donors (Lipinski definition) is 0. The van der Waals surface area contributed by atoms with Gasteiger partial charge in [-0.05, 0) is 13.8 Å². The Morgan fingerprint density at radius 2 is 1.58 bits per heavy atom. The molecule has 12 heavy (non-hydrogen) atoms. The van der Waals surface area contributed by atoms with E-state index in [1.165, 1.54) is 13.8 Å². The average Bonchev–Trinajstić information content (AvgIpc) is 1.90. The van der Waals surface area contributed by atoms with E-state index in [4.69, 9.17) is 0 Å². The Labute approximate surface area is 72.5 Å². The monoisotopic (exact) mass is 213 g/mol. The Morgan fingerprint density at radius 3 is 1.67 bits per heavy atom. The van der Waals surface area contributed by atoms with Crippen LogP contribution in [0.25, 0.3) is 0 Å². The summed E-state index contributed by atoms with van der Waals surface area (Å²) in [6.45, 7) is 2.81. The van der Waals surface area contributed by atoms with Gasteiger partial charge >= 0.3 is 0 Å². The van der Waals surface area contributed by atoms with Gasteiger partial charge in [0, 0.05) is 7.05 Å². The topological polar surface area (TPSA) is 71.5 Å². The number of hydrogen-bond acceptors (Lipinski definition) is 4. The van der Waals surface area contributed by atoms with E-state index in [9.17, 15) is 16.8 Å². The normalized spacial score (nSPS) is 31.9. The SMILES string of the molecule is CN1S(=O)(=O)CC(C)(C)S1(=O)=O. The minimum atomic E-state index is -3.67. The molecule has 5 nitrogen and oxygen atoms in total. The van der Waals surface area contributed by atoms with Crippen molar-refractivity contribution in [2.24, 2.45) is 0 Å². The first-order valence-electron chi connectivity index (χ1n) is 3.33. The van der Waals surface area contributed by atoms with Crippen LogP contribution in [-0.4, -0.2) is 38.1 Å². The quantitative estimate of drug-likeness (QED) is 0.537. The predicted octanol–water partition coefficient (Wildman–Crippen LogP) is -0.630. The molecule has 1 aliphatic heterocycles. The van der Waals surface area contributed by atoms with Crippen LogP contribution in [0.5, 0.6) is 0 Å². The highest BCUT2D eigenvalue weighted by Crippen LogP contribution is 2.31. The predicted molar refractivity (Wildman–Crippen MR) is 44.5 cm³/mol. The molecule has 0 unspecified atom stereocenters. The molecular formula is C5H11NO4S2. The van der Waals surface area contributed by atoms with E-state index in [0.29, 0.717) is 3.71 Å². The van der Waals surface area contributed by atoms with Crippen molar-refractivity contribution in [2.75, 3.05) is 12.8 Å². The molecule has 0 spiro atoms. The van der Waals surface area contributed by atoms with E-state index in [1.54, 1.807) is 0 Å². The number of sulfonamides is 2. The van der Waals surface area contributed by atoms with Gasteiger partial charge in [0.2, 0.25) is 20.0 Å². The highest BCUT2D eigenvalue weighted by Gasteiger charge is 2.53. The van der Waals surface area contributed by atoms with Gasteiger partial charge in [-0.25, -0.2) is 16.8 Å². The first kappa shape index (κ1) is 9.94. The van der Waals surface area contributed by atoms with Crippen LogP contribution in [0.4, 0.5) is 0 Å². The van der Waals surface area contributed by atoms with Crippen molar-refractivity contribution in [2.45, 2.75) is 18.6 Å². The second-order valence-corrected chi connectivity index (χ2v) is 8.24. The minimum absolute atomic E-state index is 0.334. The summed E-state index contributed by atoms with van der Waals surface area (Å²) in [5.74, 6) is -0.334. The molecule has 0 N–H and O–H groups in total. The average molecular weight is 213 g/mol. The summed E-state index contributed by atoms with van der Waals surface area (Å²) in [5, 5.41) is 0. The van der Waals surface area contributed by atoms with Gasteiger partial charge in [-0.3, -0.25) is 0 Å². The standard InChI is InChI=1S/C5H11NO4S2/c1-5(2)4-11(7,8)6(3)12(5,9)10/h4H2,1-3H3. The molecule has 0 bridgehead atoms. The number of rotatable bonds is 0. The zero-order chi connectivity index (χ0) is 9.78. The van der Waals surface area contributed by atoms with E-state index in [0.717, 1.165) is 7.05 Å². The molecule has 0 saturated carbocycles. The van der Waals surface area contributed by atoms with Crippen molar-refractivity contribution >= 4 is 20.0 Å². The molecule has 7 heteroatoms. The molecule has 1 saturated heterocycles. The highest BCUT2D eigenvalue weighted by molar-refractivity contribution is 8.08. The van der Waals surface area contributed by atoms with Crippen molar-refractivity contribution in [3.8, 4) is 0 Å². The fourth-order valence-corrected chi connectivity index (χ4v) is 5.86. The number of nitrogens with zero attached hydrogens (tertiary/aromatic N) is 1. The van der Waals surface area contributed by atoms with E-state index < -0.39 is 24.8 Å². The summed E-state index contributed by atoms with van der Waals surface area (Å²) < 4.78 is 44.3. The summed E-state index contributed by atoms with van der Waals surface area (Å²) in [6.07, 6.45) is 0. The van der Waals surface area contributed by atoms with Crippen molar-refractivity contribution in [3.05, 3.63) is 0 Å². The van der Waals surface area contributed by atoms with Crippen LogP contribution in [-0.2, 0) is 20.0 Å². The van der Waals surface area contributed by atoms with E-state index in [-0.39, 0.29) is 5.75 Å². The van der Waals surface area contributed by atoms with Gasteiger partial charge in [0.1, 0.15) is 0 Å². The maximum absolute atomic E-state index is 11.4. The van der Waals surface area contributed by atoms with Gasteiger partial charge in [-0.2, -0.15) is 0 Å². The summed E-state index contributed by atoms with van der Waals surface area (Å²) in [4.78, 5) is 0. The molecule has 0 aromatic carbocycles. The third kappa shape index (κ3) is 1.07. The lowest BCUT2D eigenvalue weighted by molar-refractivity contribution is 0.530. The Hall–Kier alpha value is -0.140. The Morgan fingerprint density at radius 1 is 1.17 bits per heavy atom. The lowest BCUT2D eigenvalue weighted by Crippen LogP contribution is -2.34. The van der Waals surface area contributed by atoms with Crippen LogP contribution in [0, 0.1) is 0 Å². The molecule has 0 aromatic rings. The van der Waals surface area contributed by atoms with Crippen molar-refractivity contribution < 1.29 is 16.8 Å². The fourth-order valence-electron chi connectivity index (χ4n) is 1.10. The lowest BCUT2D eigenvalue weighted by atomic mass is 10.2. The summed E-state index contributed by atoms with van der Waals surface area (Å²) in [5.41, 5.74) is 0. The first-order valence-corrected chi connectivity index (χ1v) is 6.37. The largest absolute Gasteiger partial charge is 0.233 e. The molecule has 0 radical (unpaired) electrons. The maximum atomic E-state index is 11.4. The molecule has 1 aliphatic rings. The summed E-state index contributed by atoms with van der Waals surface area (Å²) in [6, 6.07) is 0. The van der Waals surface area contributed by atoms with Crippen molar-refractivity contribution in [3.63, 3.8) is 0 Å². The fraction of sp³-hybridized carbons (Fsp3) is 1.00. The molecule has 1 rings (SSSR count). The van der Waals surface area contributed by atoms with E-state index in [2.05, 4.69) is 0 Å².